The van der Waals surface area contributed by atoms with Gasteiger partial charge in [-0.2, -0.15) is 0 Å². The second-order valence-electron chi connectivity index (χ2n) is 7.85. The molecule has 33 heavy (non-hydrogen) atoms. The number of amides is 1. The molecule has 0 unspecified atom stereocenters. The third-order valence-corrected chi connectivity index (χ3v) is 7.48. The molecular weight excluding hydrogens is 462 g/mol. The minimum absolute atomic E-state index is 0.154. The molecule has 8 heteroatoms. The third-order valence-electron chi connectivity index (χ3n) is 5.39. The van der Waals surface area contributed by atoms with Gasteiger partial charge in [0.15, 0.2) is 9.84 Å². The molecule has 1 atom stereocenters. The van der Waals surface area contributed by atoms with Gasteiger partial charge in [0.2, 0.25) is 5.91 Å². The molecule has 3 aromatic carbocycles. The topological polar surface area (TPSA) is 72.9 Å². The average Bonchev–Trinajstić information content (AvgIpc) is 2.82. The first-order chi connectivity index (χ1) is 15.9. The fraction of sp³-hybridized carbons (Fsp3) is 0.240. The van der Waals surface area contributed by atoms with Crippen molar-refractivity contribution in [2.75, 3.05) is 12.3 Å². The molecule has 0 saturated carbocycles. The lowest BCUT2D eigenvalue weighted by atomic mass is 10.0. The van der Waals surface area contributed by atoms with Crippen LogP contribution in [-0.4, -0.2) is 31.7 Å². The highest BCUT2D eigenvalue weighted by atomic mass is 35.5. The molecule has 0 spiro atoms. The van der Waals surface area contributed by atoms with Crippen molar-refractivity contribution in [3.05, 3.63) is 89.4 Å². The Hall–Kier alpha value is -2.87. The first-order valence-corrected chi connectivity index (χ1v) is 12.7. The number of benzene rings is 3. The summed E-state index contributed by atoms with van der Waals surface area (Å²) < 4.78 is 31.7. The maximum Gasteiger partial charge on any atom is 0.250 e. The first-order valence-electron chi connectivity index (χ1n) is 10.7. The standard InChI is InChI=1S/C25H24ClNO5S/c26-21-8-10-22(11-9-21)32-23-12-14-24(15-13-23)33(29,30)18-20-7-4-16-27(25(20)28)31-17-19-5-2-1-3-6-19/h1-3,5-6,8-15,20H,4,7,16-18H2/t20-/m0/s1. The summed E-state index contributed by atoms with van der Waals surface area (Å²) in [4.78, 5) is 18.7. The molecule has 0 aromatic heterocycles. The summed E-state index contributed by atoms with van der Waals surface area (Å²) in [6.07, 6.45) is 1.20. The van der Waals surface area contributed by atoms with Crippen LogP contribution in [0.5, 0.6) is 11.5 Å². The Morgan fingerprint density at radius 2 is 1.55 bits per heavy atom. The second kappa shape index (κ2) is 10.4. The molecule has 0 bridgehead atoms. The van der Waals surface area contributed by atoms with E-state index in [4.69, 9.17) is 21.2 Å². The summed E-state index contributed by atoms with van der Waals surface area (Å²) in [6.45, 7) is 0.722. The number of carbonyl (C=O) groups excluding carboxylic acids is 1. The lowest BCUT2D eigenvalue weighted by Crippen LogP contribution is -2.43. The van der Waals surface area contributed by atoms with Gasteiger partial charge in [-0.05, 0) is 66.9 Å². The predicted molar refractivity (Wildman–Crippen MR) is 126 cm³/mol. The molecule has 0 radical (unpaired) electrons. The van der Waals surface area contributed by atoms with E-state index in [1.807, 2.05) is 30.3 Å². The fourth-order valence-electron chi connectivity index (χ4n) is 3.64. The van der Waals surface area contributed by atoms with Crippen LogP contribution in [0.2, 0.25) is 5.02 Å². The van der Waals surface area contributed by atoms with Crippen LogP contribution in [0.4, 0.5) is 0 Å². The van der Waals surface area contributed by atoms with E-state index in [9.17, 15) is 13.2 Å². The van der Waals surface area contributed by atoms with Crippen LogP contribution in [0.25, 0.3) is 0 Å². The molecule has 1 amide bonds. The van der Waals surface area contributed by atoms with Crippen LogP contribution < -0.4 is 4.74 Å². The van der Waals surface area contributed by atoms with Gasteiger partial charge >= 0.3 is 0 Å². The highest BCUT2D eigenvalue weighted by Gasteiger charge is 2.34. The largest absolute Gasteiger partial charge is 0.457 e. The van der Waals surface area contributed by atoms with Crippen molar-refractivity contribution < 1.29 is 22.8 Å². The van der Waals surface area contributed by atoms with Crippen LogP contribution >= 0.6 is 11.6 Å². The van der Waals surface area contributed by atoms with Crippen LogP contribution in [0.1, 0.15) is 18.4 Å². The SMILES string of the molecule is O=C1[C@H](CS(=O)(=O)c2ccc(Oc3ccc(Cl)cc3)cc2)CCCN1OCc1ccccc1. The van der Waals surface area contributed by atoms with Gasteiger partial charge in [0.1, 0.15) is 18.1 Å². The Kier molecular flexibility index (Phi) is 7.33. The van der Waals surface area contributed by atoms with Crippen molar-refractivity contribution >= 4 is 27.3 Å². The van der Waals surface area contributed by atoms with Crippen molar-refractivity contribution in [3.63, 3.8) is 0 Å². The van der Waals surface area contributed by atoms with E-state index in [2.05, 4.69) is 0 Å². The van der Waals surface area contributed by atoms with E-state index in [0.717, 1.165) is 5.56 Å². The number of piperidine rings is 1. The zero-order chi connectivity index (χ0) is 23.3. The number of carbonyl (C=O) groups is 1. The quantitative estimate of drug-likeness (QED) is 0.434. The van der Waals surface area contributed by atoms with Gasteiger partial charge in [0.05, 0.1) is 16.6 Å². The van der Waals surface area contributed by atoms with Gasteiger partial charge in [-0.1, -0.05) is 41.9 Å². The van der Waals surface area contributed by atoms with Crippen LogP contribution in [0.15, 0.2) is 83.8 Å². The highest BCUT2D eigenvalue weighted by Crippen LogP contribution is 2.27. The highest BCUT2D eigenvalue weighted by molar-refractivity contribution is 7.91. The van der Waals surface area contributed by atoms with Gasteiger partial charge in [0, 0.05) is 11.6 Å². The van der Waals surface area contributed by atoms with Gasteiger partial charge in [-0.25, -0.2) is 13.5 Å². The molecule has 4 rings (SSSR count). The molecule has 1 heterocycles. The number of hydroxylamine groups is 2. The first kappa shape index (κ1) is 23.3. The van der Waals surface area contributed by atoms with Gasteiger partial charge < -0.3 is 4.74 Å². The van der Waals surface area contributed by atoms with Gasteiger partial charge in [-0.15, -0.1) is 0 Å². The zero-order valence-corrected chi connectivity index (χ0v) is 19.5. The molecule has 1 aliphatic heterocycles. The number of nitrogens with zero attached hydrogens (tertiary/aromatic N) is 1. The monoisotopic (exact) mass is 485 g/mol. The van der Waals surface area contributed by atoms with E-state index in [-0.39, 0.29) is 23.2 Å². The van der Waals surface area contributed by atoms with Crippen molar-refractivity contribution in [2.45, 2.75) is 24.3 Å². The maximum absolute atomic E-state index is 13.0. The lowest BCUT2D eigenvalue weighted by Gasteiger charge is -2.31. The van der Waals surface area contributed by atoms with Crippen LogP contribution in [0.3, 0.4) is 0 Å². The molecule has 1 aliphatic rings. The Morgan fingerprint density at radius 3 is 2.21 bits per heavy atom. The zero-order valence-electron chi connectivity index (χ0n) is 17.9. The molecule has 3 aromatic rings. The summed E-state index contributed by atoms with van der Waals surface area (Å²) in [5.74, 6) is -0.0779. The fourth-order valence-corrected chi connectivity index (χ4v) is 5.35. The average molecular weight is 486 g/mol. The summed E-state index contributed by atoms with van der Waals surface area (Å²) in [5.41, 5.74) is 0.945. The van der Waals surface area contributed by atoms with Crippen molar-refractivity contribution in [3.8, 4) is 11.5 Å². The molecule has 0 N–H and O–H groups in total. The Labute approximate surface area is 198 Å². The summed E-state index contributed by atoms with van der Waals surface area (Å²) >= 11 is 5.87. The normalized spacial score (nSPS) is 16.6. The summed E-state index contributed by atoms with van der Waals surface area (Å²) in [7, 11) is -3.65. The second-order valence-corrected chi connectivity index (χ2v) is 10.3. The minimum atomic E-state index is -3.65. The maximum atomic E-state index is 13.0. The van der Waals surface area contributed by atoms with E-state index in [1.165, 1.54) is 17.2 Å². The number of rotatable bonds is 8. The van der Waals surface area contributed by atoms with E-state index < -0.39 is 15.8 Å². The Morgan fingerprint density at radius 1 is 0.909 bits per heavy atom. The molecule has 1 fully saturated rings. The summed E-state index contributed by atoms with van der Waals surface area (Å²) in [5, 5.41) is 1.91. The van der Waals surface area contributed by atoms with Gasteiger partial charge in [0.25, 0.3) is 0 Å². The van der Waals surface area contributed by atoms with Crippen LogP contribution in [-0.2, 0) is 26.1 Å². The smallest absolute Gasteiger partial charge is 0.250 e. The van der Waals surface area contributed by atoms with Crippen molar-refractivity contribution in [1.82, 2.24) is 5.06 Å². The van der Waals surface area contributed by atoms with Crippen molar-refractivity contribution in [2.24, 2.45) is 5.92 Å². The molecular formula is C25H24ClNO5S. The van der Waals surface area contributed by atoms with E-state index in [0.29, 0.717) is 35.9 Å². The third kappa shape index (κ3) is 6.13. The molecule has 172 valence electrons. The Balaban J connectivity index is 1.37. The number of hydrogen-bond acceptors (Lipinski definition) is 5. The number of ether oxygens (including phenoxy) is 1. The Bertz CT molecular complexity index is 1180. The van der Waals surface area contributed by atoms with E-state index in [1.54, 1.807) is 36.4 Å². The predicted octanol–water partition coefficient (Wildman–Crippen LogP) is 5.28. The van der Waals surface area contributed by atoms with E-state index >= 15 is 0 Å². The number of hydrogen-bond donors (Lipinski definition) is 0. The van der Waals surface area contributed by atoms with Gasteiger partial charge in [-0.3, -0.25) is 9.63 Å². The number of sulfone groups is 1. The molecule has 1 saturated heterocycles. The lowest BCUT2D eigenvalue weighted by molar-refractivity contribution is -0.201. The molecule has 6 nitrogen and oxygen atoms in total. The van der Waals surface area contributed by atoms with Crippen LogP contribution in [0, 0.1) is 5.92 Å². The minimum Gasteiger partial charge on any atom is -0.457 e. The number of halogens is 1. The molecule has 0 aliphatic carbocycles. The summed E-state index contributed by atoms with van der Waals surface area (Å²) in [6, 6.07) is 22.6. The van der Waals surface area contributed by atoms with Crippen molar-refractivity contribution in [1.29, 1.82) is 0 Å².